The van der Waals surface area contributed by atoms with Crippen molar-refractivity contribution in [2.45, 2.75) is 18.9 Å². The average molecular weight is 298 g/mol. The van der Waals surface area contributed by atoms with Gasteiger partial charge in [0.25, 0.3) is 5.91 Å². The first kappa shape index (κ1) is 14.7. The number of nitro benzene ring substituents is 1. The highest BCUT2D eigenvalue weighted by Gasteiger charge is 2.26. The van der Waals surface area contributed by atoms with E-state index in [4.69, 9.17) is 11.6 Å². The molecule has 0 bridgehead atoms. The van der Waals surface area contributed by atoms with Crippen LogP contribution in [-0.2, 0) is 0 Å². The summed E-state index contributed by atoms with van der Waals surface area (Å²) in [6, 6.07) is 4.38. The number of amides is 1. The summed E-state index contributed by atoms with van der Waals surface area (Å²) in [6.07, 6.45) is 1.88. The van der Waals surface area contributed by atoms with E-state index in [1.54, 1.807) is 0 Å². The number of nitro groups is 1. The van der Waals surface area contributed by atoms with Gasteiger partial charge in [-0.25, -0.2) is 0 Å². The Morgan fingerprint density at radius 3 is 2.95 bits per heavy atom. The van der Waals surface area contributed by atoms with E-state index in [0.29, 0.717) is 0 Å². The molecule has 1 saturated heterocycles. The number of nitrogens with one attached hydrogen (secondary N) is 1. The first-order valence-electron chi connectivity index (χ1n) is 6.41. The summed E-state index contributed by atoms with van der Waals surface area (Å²) in [7, 11) is 1.99. The number of carbonyl (C=O) groups excluding carboxylic acids is 1. The quantitative estimate of drug-likeness (QED) is 0.684. The van der Waals surface area contributed by atoms with E-state index in [9.17, 15) is 14.9 Å². The van der Waals surface area contributed by atoms with Crippen LogP contribution >= 0.6 is 11.6 Å². The summed E-state index contributed by atoms with van der Waals surface area (Å²) in [5.74, 6) is -0.445. The van der Waals surface area contributed by atoms with E-state index in [2.05, 4.69) is 10.2 Å². The third-order valence-corrected chi connectivity index (χ3v) is 3.68. The van der Waals surface area contributed by atoms with Gasteiger partial charge in [0.2, 0.25) is 0 Å². The van der Waals surface area contributed by atoms with Gasteiger partial charge >= 0.3 is 5.69 Å². The number of hydrogen-bond donors (Lipinski definition) is 1. The number of piperidine rings is 1. The van der Waals surface area contributed by atoms with Crippen molar-refractivity contribution in [2.24, 2.45) is 0 Å². The summed E-state index contributed by atoms with van der Waals surface area (Å²) >= 11 is 5.80. The van der Waals surface area contributed by atoms with Crippen LogP contribution in [0.15, 0.2) is 18.2 Å². The van der Waals surface area contributed by atoms with Gasteiger partial charge in [0.05, 0.1) is 4.92 Å². The molecule has 108 valence electrons. The molecule has 1 aliphatic rings. The maximum Gasteiger partial charge on any atom is 0.300 e. The van der Waals surface area contributed by atoms with E-state index in [0.717, 1.165) is 25.9 Å². The number of rotatable bonds is 3. The van der Waals surface area contributed by atoms with Crippen molar-refractivity contribution >= 4 is 23.2 Å². The first-order chi connectivity index (χ1) is 9.49. The predicted molar refractivity (Wildman–Crippen MR) is 76.1 cm³/mol. The molecule has 1 fully saturated rings. The molecule has 1 N–H and O–H groups in total. The van der Waals surface area contributed by atoms with E-state index >= 15 is 0 Å². The Morgan fingerprint density at radius 1 is 1.55 bits per heavy atom. The molecule has 1 aromatic rings. The molecule has 0 spiro atoms. The zero-order valence-electron chi connectivity index (χ0n) is 11.1. The van der Waals surface area contributed by atoms with Crippen LogP contribution < -0.4 is 5.32 Å². The van der Waals surface area contributed by atoms with Gasteiger partial charge in [-0.05, 0) is 38.6 Å². The zero-order valence-corrected chi connectivity index (χ0v) is 11.9. The molecular weight excluding hydrogens is 282 g/mol. The second kappa shape index (κ2) is 6.19. The summed E-state index contributed by atoms with van der Waals surface area (Å²) in [5, 5.41) is 13.8. The van der Waals surface area contributed by atoms with Crippen molar-refractivity contribution < 1.29 is 9.72 Å². The highest BCUT2D eigenvalue weighted by Crippen LogP contribution is 2.28. The Bertz CT molecular complexity index is 536. The second-order valence-corrected chi connectivity index (χ2v) is 5.38. The molecule has 6 nitrogen and oxygen atoms in total. The van der Waals surface area contributed by atoms with E-state index in [1.807, 2.05) is 7.05 Å². The Morgan fingerprint density at radius 2 is 2.30 bits per heavy atom. The minimum Gasteiger partial charge on any atom is -0.348 e. The van der Waals surface area contributed by atoms with Crippen LogP contribution in [0, 0.1) is 10.1 Å². The van der Waals surface area contributed by atoms with Gasteiger partial charge in [-0.1, -0.05) is 17.7 Å². The fourth-order valence-electron chi connectivity index (χ4n) is 2.43. The van der Waals surface area contributed by atoms with Crippen LogP contribution in [0.4, 0.5) is 5.69 Å². The first-order valence-corrected chi connectivity index (χ1v) is 6.79. The monoisotopic (exact) mass is 297 g/mol. The van der Waals surface area contributed by atoms with Crippen molar-refractivity contribution in [3.63, 3.8) is 0 Å². The lowest BCUT2D eigenvalue weighted by Gasteiger charge is -2.30. The van der Waals surface area contributed by atoms with Gasteiger partial charge in [-0.3, -0.25) is 14.9 Å². The number of benzene rings is 1. The molecule has 7 heteroatoms. The van der Waals surface area contributed by atoms with Crippen molar-refractivity contribution in [3.8, 4) is 0 Å². The lowest BCUT2D eigenvalue weighted by molar-refractivity contribution is -0.385. The molecule has 1 unspecified atom stereocenters. The summed E-state index contributed by atoms with van der Waals surface area (Å²) in [4.78, 5) is 24.7. The number of halogens is 1. The summed E-state index contributed by atoms with van der Waals surface area (Å²) < 4.78 is 0. The summed E-state index contributed by atoms with van der Waals surface area (Å²) in [5.41, 5.74) is -0.327. The van der Waals surface area contributed by atoms with Gasteiger partial charge < -0.3 is 10.2 Å². The topological polar surface area (TPSA) is 75.5 Å². The van der Waals surface area contributed by atoms with Crippen LogP contribution in [0.2, 0.25) is 5.02 Å². The molecule has 0 aliphatic carbocycles. The van der Waals surface area contributed by atoms with Gasteiger partial charge in [-0.2, -0.15) is 0 Å². The fourth-order valence-corrected chi connectivity index (χ4v) is 2.68. The number of carbonyl (C=O) groups is 1. The van der Waals surface area contributed by atoms with Gasteiger partial charge in [-0.15, -0.1) is 0 Å². The van der Waals surface area contributed by atoms with Crippen molar-refractivity contribution in [1.29, 1.82) is 0 Å². The maximum atomic E-state index is 12.2. The highest BCUT2D eigenvalue weighted by atomic mass is 35.5. The number of para-hydroxylation sites is 1. The molecular formula is C13H16ClN3O3. The molecule has 1 aromatic carbocycles. The molecule has 1 atom stereocenters. The molecule has 1 amide bonds. The molecule has 20 heavy (non-hydrogen) atoms. The van der Waals surface area contributed by atoms with Crippen LogP contribution in [0.25, 0.3) is 0 Å². The second-order valence-electron chi connectivity index (χ2n) is 4.97. The van der Waals surface area contributed by atoms with Crippen molar-refractivity contribution in [3.05, 3.63) is 38.9 Å². The van der Waals surface area contributed by atoms with Crippen LogP contribution in [-0.4, -0.2) is 41.9 Å². The number of nitrogens with zero attached hydrogens (tertiary/aromatic N) is 2. The molecule has 0 aromatic heterocycles. The smallest absolute Gasteiger partial charge is 0.300 e. The number of hydrogen-bond acceptors (Lipinski definition) is 4. The maximum absolute atomic E-state index is 12.2. The predicted octanol–water partition coefficient (Wildman–Crippen LogP) is 2.07. The minimum atomic E-state index is -0.621. The third-order valence-electron chi connectivity index (χ3n) is 3.37. The van der Waals surface area contributed by atoms with Gasteiger partial charge in [0.15, 0.2) is 0 Å². The largest absolute Gasteiger partial charge is 0.348 e. The lowest BCUT2D eigenvalue weighted by atomic mass is 10.1. The molecule has 1 heterocycles. The van der Waals surface area contributed by atoms with Crippen molar-refractivity contribution in [2.75, 3.05) is 20.1 Å². The fraction of sp³-hybridized carbons (Fsp3) is 0.462. The molecule has 1 aliphatic heterocycles. The lowest BCUT2D eigenvalue weighted by Crippen LogP contribution is -2.46. The van der Waals surface area contributed by atoms with Crippen molar-refractivity contribution in [1.82, 2.24) is 10.2 Å². The normalized spacial score (nSPS) is 19.6. The SMILES string of the molecule is CN1CCCC(NC(=O)c2cccc(Cl)c2[N+](=O)[O-])C1. The molecule has 0 saturated carbocycles. The average Bonchev–Trinajstić information content (AvgIpc) is 2.37. The minimum absolute atomic E-state index is 0.00993. The number of likely N-dealkylation sites (N-methyl/N-ethyl adjacent to an activating group) is 1. The Balaban J connectivity index is 2.17. The number of likely N-dealkylation sites (tertiary alicyclic amines) is 1. The van der Waals surface area contributed by atoms with Crippen LogP contribution in [0.3, 0.4) is 0 Å². The third kappa shape index (κ3) is 3.26. The Hall–Kier alpha value is -1.66. The van der Waals surface area contributed by atoms with Crippen LogP contribution in [0.5, 0.6) is 0 Å². The van der Waals surface area contributed by atoms with Gasteiger partial charge in [0.1, 0.15) is 10.6 Å². The molecule has 0 radical (unpaired) electrons. The van der Waals surface area contributed by atoms with E-state index in [-0.39, 0.29) is 22.3 Å². The zero-order chi connectivity index (χ0) is 14.7. The van der Waals surface area contributed by atoms with Gasteiger partial charge in [0, 0.05) is 12.6 Å². The Kier molecular flexibility index (Phi) is 4.57. The highest BCUT2D eigenvalue weighted by molar-refractivity contribution is 6.33. The molecule has 2 rings (SSSR count). The van der Waals surface area contributed by atoms with E-state index in [1.165, 1.54) is 18.2 Å². The van der Waals surface area contributed by atoms with E-state index < -0.39 is 10.8 Å². The Labute approximate surface area is 121 Å². The van der Waals surface area contributed by atoms with Crippen LogP contribution in [0.1, 0.15) is 23.2 Å². The standard InChI is InChI=1S/C13H16ClN3O3/c1-16-7-3-4-9(8-16)15-13(18)10-5-2-6-11(14)12(10)17(19)20/h2,5-6,9H,3-4,7-8H2,1H3,(H,15,18). The summed E-state index contributed by atoms with van der Waals surface area (Å²) in [6.45, 7) is 1.75.